The highest BCUT2D eigenvalue weighted by Crippen LogP contribution is 2.63. The number of rotatable bonds is 8. The van der Waals surface area contributed by atoms with Gasteiger partial charge in [0.2, 0.25) is 0 Å². The maximum Gasteiger partial charge on any atom is 0.460 e. The molecule has 1 nitrogen and oxygen atoms in total. The fraction of sp³-hybridized carbons (Fsp3) is 1.00. The van der Waals surface area contributed by atoms with Gasteiger partial charge in [0.25, 0.3) is 0 Å². The zero-order valence-electron chi connectivity index (χ0n) is 13.0. The van der Waals surface area contributed by atoms with Crippen LogP contribution in [0.1, 0.15) is 0 Å². The van der Waals surface area contributed by atoms with Crippen LogP contribution in [0.25, 0.3) is 0 Å². The number of hydrogen-bond acceptors (Lipinski definition) is 1. The molecule has 0 heterocycles. The number of alkyl halides is 17. The van der Waals surface area contributed by atoms with Crippen LogP contribution in [0.2, 0.25) is 0 Å². The minimum Gasteiger partial charge on any atom is -0.387 e. The molecule has 29 heavy (non-hydrogen) atoms. The van der Waals surface area contributed by atoms with E-state index in [2.05, 4.69) is 0 Å². The van der Waals surface area contributed by atoms with Gasteiger partial charge < -0.3 is 4.46 Å². The van der Waals surface area contributed by atoms with Crippen molar-refractivity contribution in [3.8, 4) is 0 Å². The molecular weight excluding hydrogens is 519 g/mol. The maximum absolute atomic E-state index is 13.3. The highest BCUT2D eigenvalue weighted by Gasteiger charge is 2.95. The Kier molecular flexibility index (Phi) is 6.97. The zero-order chi connectivity index (χ0) is 24.3. The molecule has 0 saturated carbocycles. The average molecular weight is 524 g/mol. The molecule has 0 spiro atoms. The van der Waals surface area contributed by atoms with Crippen molar-refractivity contribution in [1.29, 1.82) is 0 Å². The average Bonchev–Trinajstić information content (AvgIpc) is 2.51. The number of hydrogen-bond donors (Lipinski definition) is 0. The van der Waals surface area contributed by atoms with Gasteiger partial charge in [0.1, 0.15) is 0 Å². The van der Waals surface area contributed by atoms with Crippen LogP contribution in [0.3, 0.4) is 0 Å². The lowest BCUT2D eigenvalue weighted by Crippen LogP contribution is -2.75. The second kappa shape index (κ2) is 7.15. The summed E-state index contributed by atoms with van der Waals surface area (Å²) in [5.74, 6) is -50.1. The van der Waals surface area contributed by atoms with Crippen molar-refractivity contribution < 1.29 is 79.1 Å². The molecule has 0 aliphatic rings. The van der Waals surface area contributed by atoms with E-state index in [1.807, 2.05) is 0 Å². The third kappa shape index (κ3) is 3.52. The minimum absolute atomic E-state index is 0.581. The molecule has 0 atom stereocenters. The van der Waals surface area contributed by atoms with Crippen molar-refractivity contribution in [1.82, 2.24) is 0 Å². The molecule has 21 heteroatoms. The van der Waals surface area contributed by atoms with Crippen molar-refractivity contribution in [2.75, 3.05) is 0 Å². The van der Waals surface area contributed by atoms with Crippen LogP contribution in [0.5, 0.6) is 0 Å². The Balaban J connectivity index is 6.77. The summed E-state index contributed by atoms with van der Waals surface area (Å²) in [6.07, 6.45) is -7.78. The molecular formula is C8H5F17OSi3. The summed E-state index contributed by atoms with van der Waals surface area (Å²) in [4.78, 5) is 0. The molecule has 0 rings (SSSR count). The Hall–Kier alpha value is -0.739. The molecule has 0 radical (unpaired) electrons. The second-order valence-corrected chi connectivity index (χ2v) is 17.9. The van der Waals surface area contributed by atoms with E-state index >= 15 is 0 Å². The van der Waals surface area contributed by atoms with Crippen LogP contribution in [0.15, 0.2) is 0 Å². The quantitative estimate of drug-likeness (QED) is 0.353. The lowest BCUT2D eigenvalue weighted by Gasteiger charge is -2.42. The van der Waals surface area contributed by atoms with Crippen molar-refractivity contribution in [2.24, 2.45) is 0 Å². The summed E-state index contributed by atoms with van der Waals surface area (Å²) in [6.45, 7) is 0. The first-order valence-corrected chi connectivity index (χ1v) is 15.9. The molecule has 0 N–H and O–H groups in total. The van der Waals surface area contributed by atoms with Gasteiger partial charge in [0.05, 0.1) is 8.55 Å². The monoisotopic (exact) mass is 524 g/mol. The molecule has 0 aliphatic heterocycles. The predicted molar refractivity (Wildman–Crippen MR) is 65.6 cm³/mol. The first kappa shape index (κ1) is 28.3. The van der Waals surface area contributed by atoms with Gasteiger partial charge >= 0.3 is 55.5 Å². The molecule has 0 unspecified atom stereocenters. The Morgan fingerprint density at radius 3 is 0.966 bits per heavy atom. The smallest absolute Gasteiger partial charge is 0.387 e. The third-order valence-corrected chi connectivity index (χ3v) is 14.1. The lowest BCUT2D eigenvalue weighted by molar-refractivity contribution is -0.458. The molecule has 174 valence electrons. The highest BCUT2D eigenvalue weighted by molar-refractivity contribution is 7.26. The normalized spacial score (nSPS) is 16.7. The van der Waals surface area contributed by atoms with E-state index in [4.69, 9.17) is 0 Å². The molecule has 0 aromatic carbocycles. The van der Waals surface area contributed by atoms with Crippen molar-refractivity contribution in [3.63, 3.8) is 0 Å². The molecule has 0 aromatic rings. The van der Waals surface area contributed by atoms with Crippen LogP contribution in [0, 0.1) is 0 Å². The van der Waals surface area contributed by atoms with Gasteiger partial charge in [-0.25, -0.2) is 0 Å². The van der Waals surface area contributed by atoms with E-state index in [1.165, 1.54) is 0 Å². The number of halogens is 17. The predicted octanol–water partition coefficient (Wildman–Crippen LogP) is 2.90. The van der Waals surface area contributed by atoms with E-state index in [0.29, 0.717) is 0 Å². The van der Waals surface area contributed by atoms with Gasteiger partial charge in [0, 0.05) is 0 Å². The molecule has 0 fully saturated rings. The van der Waals surface area contributed by atoms with Gasteiger partial charge in [-0.05, 0) is 9.76 Å². The minimum atomic E-state index is -8.64. The van der Waals surface area contributed by atoms with Crippen LogP contribution < -0.4 is 0 Å². The van der Waals surface area contributed by atoms with Crippen LogP contribution in [-0.2, 0) is 4.46 Å². The lowest BCUT2D eigenvalue weighted by atomic mass is 9.91. The van der Waals surface area contributed by atoms with Gasteiger partial charge in [0.15, 0.2) is 0 Å². The van der Waals surface area contributed by atoms with Gasteiger partial charge in [-0.3, -0.25) is 0 Å². The topological polar surface area (TPSA) is 17.1 Å². The Labute approximate surface area is 154 Å². The van der Waals surface area contributed by atoms with Gasteiger partial charge in [-0.15, -0.1) is 0 Å². The summed E-state index contributed by atoms with van der Waals surface area (Å²) in [5, 5.41) is 0. The zero-order valence-corrected chi connectivity index (χ0v) is 17.5. The van der Waals surface area contributed by atoms with E-state index in [0.717, 1.165) is 0 Å². The van der Waals surface area contributed by atoms with Gasteiger partial charge in [-0.2, -0.15) is 74.6 Å². The Morgan fingerprint density at radius 2 is 0.724 bits per heavy atom. The van der Waals surface area contributed by atoms with Crippen molar-refractivity contribution in [2.45, 2.75) is 47.3 Å². The Bertz CT molecular complexity index is 637. The fourth-order valence-electron chi connectivity index (χ4n) is 1.56. The summed E-state index contributed by atoms with van der Waals surface area (Å²) >= 11 is 0. The van der Waals surface area contributed by atoms with Crippen LogP contribution in [0.4, 0.5) is 74.6 Å². The largest absolute Gasteiger partial charge is 0.460 e. The SMILES string of the molecule is O=[Si]([SiH2][SiH3])C(F)(F)C(F)(F)C(F)(F)C(F)(F)C(F)(F)C(F)(F)C(F)(F)C(F)(F)F. The molecule has 0 aliphatic carbocycles. The molecule has 0 bridgehead atoms. The highest BCUT2D eigenvalue weighted by atomic mass is 29.5. The van der Waals surface area contributed by atoms with E-state index in [1.54, 1.807) is 0 Å². The first-order chi connectivity index (χ1) is 12.2. The Morgan fingerprint density at radius 1 is 0.483 bits per heavy atom. The van der Waals surface area contributed by atoms with Gasteiger partial charge in [-0.1, -0.05) is 0 Å². The van der Waals surface area contributed by atoms with Crippen molar-refractivity contribution >= 4 is 26.5 Å². The summed E-state index contributed by atoms with van der Waals surface area (Å²) in [6, 6.07) is 0. The maximum atomic E-state index is 13.3. The van der Waals surface area contributed by atoms with Crippen LogP contribution in [-0.4, -0.2) is 73.8 Å². The van der Waals surface area contributed by atoms with Crippen molar-refractivity contribution in [3.05, 3.63) is 0 Å². The van der Waals surface area contributed by atoms with E-state index in [-0.39, 0.29) is 0 Å². The summed E-state index contributed by atoms with van der Waals surface area (Å²) in [7, 11) is -8.50. The fourth-order valence-corrected chi connectivity index (χ4v) is 8.51. The first-order valence-electron chi connectivity index (χ1n) is 6.48. The standard InChI is InChI=1S/C8H5F17OSi3/c9-1(10,3(13,14)5(17,18)7(21,22)23)2(11,12)4(15,16)6(19,20)8(24,25)29(26)28-27/h28H2,27H3. The van der Waals surface area contributed by atoms with Crippen LogP contribution >= 0.6 is 0 Å². The summed E-state index contributed by atoms with van der Waals surface area (Å²) in [5.41, 5.74) is -6.66. The molecule has 0 amide bonds. The summed E-state index contributed by atoms with van der Waals surface area (Å²) < 4.78 is 229. The molecule has 0 saturated heterocycles. The third-order valence-electron chi connectivity index (χ3n) is 3.39. The molecule has 0 aromatic heterocycles. The second-order valence-electron chi connectivity index (χ2n) is 5.30. The van der Waals surface area contributed by atoms with E-state index in [9.17, 15) is 79.1 Å². The van der Waals surface area contributed by atoms with E-state index < -0.39 is 73.8 Å².